The van der Waals surface area contributed by atoms with Crippen molar-refractivity contribution in [2.45, 2.75) is 26.8 Å². The number of anilines is 1. The van der Waals surface area contributed by atoms with E-state index >= 15 is 0 Å². The lowest BCUT2D eigenvalue weighted by atomic mass is 10.0. The third-order valence-electron chi connectivity index (χ3n) is 3.16. The van der Waals surface area contributed by atoms with Crippen LogP contribution in [0.1, 0.15) is 19.4 Å². The topological polar surface area (TPSA) is 29.1 Å². The van der Waals surface area contributed by atoms with Gasteiger partial charge in [0, 0.05) is 11.6 Å². The number of hydrogen-bond donors (Lipinski definition) is 1. The first kappa shape index (κ1) is 10.9. The lowest BCUT2D eigenvalue weighted by Crippen LogP contribution is -2.25. The Balaban J connectivity index is 2.11. The van der Waals surface area contributed by atoms with Crippen LogP contribution in [0.25, 0.3) is 0 Å². The molecule has 0 radical (unpaired) electrons. The van der Waals surface area contributed by atoms with Crippen molar-refractivity contribution in [2.75, 3.05) is 5.32 Å². The number of ketones is 1. The highest BCUT2D eigenvalue weighted by Crippen LogP contribution is 2.24. The molecule has 2 atom stereocenters. The number of nitrogens with one attached hydrogen (secondary N) is 1. The largest absolute Gasteiger partial charge is 0.378 e. The predicted octanol–water partition coefficient (Wildman–Crippen LogP) is 2.94. The van der Waals surface area contributed by atoms with Crippen LogP contribution in [0.5, 0.6) is 0 Å². The van der Waals surface area contributed by atoms with E-state index in [2.05, 4.69) is 24.4 Å². The van der Waals surface area contributed by atoms with Crippen LogP contribution in [0, 0.1) is 12.8 Å². The van der Waals surface area contributed by atoms with Gasteiger partial charge in [-0.1, -0.05) is 30.7 Å². The second kappa shape index (κ2) is 4.12. The van der Waals surface area contributed by atoms with Crippen molar-refractivity contribution in [3.8, 4) is 0 Å². The highest BCUT2D eigenvalue weighted by molar-refractivity contribution is 6.00. The van der Waals surface area contributed by atoms with Gasteiger partial charge < -0.3 is 5.32 Å². The molecular formula is C14H17NO. The zero-order chi connectivity index (χ0) is 11.7. The highest BCUT2D eigenvalue weighted by Gasteiger charge is 2.29. The molecule has 84 valence electrons. The number of Topliss-reactive ketones (excluding diaryl/α,β-unsaturated/α-hetero) is 1. The van der Waals surface area contributed by atoms with E-state index in [-0.39, 0.29) is 17.7 Å². The lowest BCUT2D eigenvalue weighted by Gasteiger charge is -2.16. The SMILES string of the molecule is CC1=C[C@@H](Nc2ccc(C)cc2)[C@H](C)C1=O. The van der Waals surface area contributed by atoms with E-state index in [0.29, 0.717) is 0 Å². The Labute approximate surface area is 96.4 Å². The average Bonchev–Trinajstić information content (AvgIpc) is 2.50. The summed E-state index contributed by atoms with van der Waals surface area (Å²) in [6.45, 7) is 5.92. The van der Waals surface area contributed by atoms with Crippen LogP contribution in [0.15, 0.2) is 35.9 Å². The van der Waals surface area contributed by atoms with Gasteiger partial charge in [0.2, 0.25) is 0 Å². The van der Waals surface area contributed by atoms with Crippen molar-refractivity contribution in [1.82, 2.24) is 0 Å². The number of carbonyl (C=O) groups is 1. The van der Waals surface area contributed by atoms with Gasteiger partial charge in [-0.25, -0.2) is 0 Å². The second-order valence-electron chi connectivity index (χ2n) is 4.54. The number of carbonyl (C=O) groups excluding carboxylic acids is 1. The molecule has 0 saturated carbocycles. The summed E-state index contributed by atoms with van der Waals surface area (Å²) in [7, 11) is 0. The zero-order valence-corrected chi connectivity index (χ0v) is 9.95. The summed E-state index contributed by atoms with van der Waals surface area (Å²) in [6, 6.07) is 8.37. The number of rotatable bonds is 2. The zero-order valence-electron chi connectivity index (χ0n) is 9.95. The molecule has 1 aliphatic rings. The first-order valence-electron chi connectivity index (χ1n) is 5.64. The van der Waals surface area contributed by atoms with E-state index in [1.54, 1.807) is 0 Å². The Morgan fingerprint density at radius 2 is 1.75 bits per heavy atom. The monoisotopic (exact) mass is 215 g/mol. The molecule has 0 amide bonds. The van der Waals surface area contributed by atoms with Crippen molar-refractivity contribution >= 4 is 11.5 Å². The smallest absolute Gasteiger partial charge is 0.163 e. The van der Waals surface area contributed by atoms with E-state index in [0.717, 1.165) is 11.3 Å². The molecule has 1 aromatic carbocycles. The molecule has 0 unspecified atom stereocenters. The summed E-state index contributed by atoms with van der Waals surface area (Å²) in [4.78, 5) is 11.7. The highest BCUT2D eigenvalue weighted by atomic mass is 16.1. The van der Waals surface area contributed by atoms with Crippen LogP contribution < -0.4 is 5.32 Å². The maximum atomic E-state index is 11.7. The predicted molar refractivity (Wildman–Crippen MR) is 66.5 cm³/mol. The van der Waals surface area contributed by atoms with E-state index in [4.69, 9.17) is 0 Å². The number of benzene rings is 1. The summed E-state index contributed by atoms with van der Waals surface area (Å²) in [5.74, 6) is 0.297. The molecule has 2 nitrogen and oxygen atoms in total. The van der Waals surface area contributed by atoms with Gasteiger partial charge in [-0.15, -0.1) is 0 Å². The standard InChI is InChI=1S/C14H17NO/c1-9-4-6-12(7-5-9)15-13-8-10(2)14(16)11(13)3/h4-8,11,13,15H,1-3H3/t11-,13+/m0/s1. The maximum Gasteiger partial charge on any atom is 0.163 e. The summed E-state index contributed by atoms with van der Waals surface area (Å²) in [6.07, 6.45) is 2.02. The Morgan fingerprint density at radius 3 is 2.25 bits per heavy atom. The van der Waals surface area contributed by atoms with Gasteiger partial charge in [-0.3, -0.25) is 4.79 Å². The Hall–Kier alpha value is -1.57. The van der Waals surface area contributed by atoms with Crippen molar-refractivity contribution in [1.29, 1.82) is 0 Å². The van der Waals surface area contributed by atoms with Gasteiger partial charge >= 0.3 is 0 Å². The Morgan fingerprint density at radius 1 is 1.12 bits per heavy atom. The Kier molecular flexibility index (Phi) is 2.82. The summed E-state index contributed by atoms with van der Waals surface area (Å²) >= 11 is 0. The van der Waals surface area contributed by atoms with Gasteiger partial charge in [0.25, 0.3) is 0 Å². The molecule has 0 fully saturated rings. The van der Waals surface area contributed by atoms with Gasteiger partial charge in [-0.05, 0) is 31.6 Å². The number of allylic oxidation sites excluding steroid dienone is 1. The normalized spacial score (nSPS) is 24.4. The fourth-order valence-corrected chi connectivity index (χ4v) is 2.03. The van der Waals surface area contributed by atoms with Crippen molar-refractivity contribution in [3.05, 3.63) is 41.5 Å². The van der Waals surface area contributed by atoms with E-state index in [9.17, 15) is 4.79 Å². The fraction of sp³-hybridized carbons (Fsp3) is 0.357. The van der Waals surface area contributed by atoms with Gasteiger partial charge in [0.15, 0.2) is 5.78 Å². The molecule has 1 N–H and O–H groups in total. The van der Waals surface area contributed by atoms with Crippen LogP contribution in [-0.2, 0) is 4.79 Å². The third kappa shape index (κ3) is 2.01. The maximum absolute atomic E-state index is 11.7. The molecule has 0 aliphatic heterocycles. The second-order valence-corrected chi connectivity index (χ2v) is 4.54. The quantitative estimate of drug-likeness (QED) is 0.821. The van der Waals surface area contributed by atoms with Gasteiger partial charge in [-0.2, -0.15) is 0 Å². The first-order chi connectivity index (χ1) is 7.58. The third-order valence-corrected chi connectivity index (χ3v) is 3.16. The van der Waals surface area contributed by atoms with Crippen LogP contribution in [-0.4, -0.2) is 11.8 Å². The molecule has 1 aromatic rings. The average molecular weight is 215 g/mol. The molecule has 0 spiro atoms. The minimum atomic E-state index is 0.0429. The van der Waals surface area contributed by atoms with Crippen LogP contribution in [0.3, 0.4) is 0 Å². The molecule has 1 aliphatic carbocycles. The summed E-state index contributed by atoms with van der Waals surface area (Å²) in [5.41, 5.74) is 3.19. The fourth-order valence-electron chi connectivity index (χ4n) is 2.03. The van der Waals surface area contributed by atoms with Crippen molar-refractivity contribution < 1.29 is 4.79 Å². The van der Waals surface area contributed by atoms with Crippen molar-refractivity contribution in [3.63, 3.8) is 0 Å². The molecular weight excluding hydrogens is 198 g/mol. The number of aryl methyl sites for hydroxylation is 1. The van der Waals surface area contributed by atoms with Gasteiger partial charge in [0.05, 0.1) is 6.04 Å². The van der Waals surface area contributed by atoms with E-state index in [1.165, 1.54) is 5.56 Å². The minimum absolute atomic E-state index is 0.0429. The van der Waals surface area contributed by atoms with E-state index in [1.807, 2.05) is 32.1 Å². The molecule has 0 heterocycles. The Bertz CT molecular complexity index is 431. The van der Waals surface area contributed by atoms with Crippen LogP contribution in [0.2, 0.25) is 0 Å². The molecule has 0 aromatic heterocycles. The van der Waals surface area contributed by atoms with Crippen LogP contribution >= 0.6 is 0 Å². The van der Waals surface area contributed by atoms with Crippen molar-refractivity contribution in [2.24, 2.45) is 5.92 Å². The van der Waals surface area contributed by atoms with Crippen LogP contribution in [0.4, 0.5) is 5.69 Å². The molecule has 0 saturated heterocycles. The molecule has 16 heavy (non-hydrogen) atoms. The molecule has 2 rings (SSSR count). The lowest BCUT2D eigenvalue weighted by molar-refractivity contribution is -0.117. The van der Waals surface area contributed by atoms with Gasteiger partial charge in [0.1, 0.15) is 0 Å². The summed E-state index contributed by atoms with van der Waals surface area (Å²) < 4.78 is 0. The first-order valence-corrected chi connectivity index (χ1v) is 5.64. The minimum Gasteiger partial charge on any atom is -0.378 e. The number of hydrogen-bond acceptors (Lipinski definition) is 2. The molecule has 0 bridgehead atoms. The summed E-state index contributed by atoms with van der Waals surface area (Å²) in [5, 5.41) is 3.38. The van der Waals surface area contributed by atoms with E-state index < -0.39 is 0 Å². The molecule has 2 heteroatoms.